The molecule has 0 aliphatic heterocycles. The maximum Gasteiger partial charge on any atom is 0.270 e. The van der Waals surface area contributed by atoms with Crippen LogP contribution in [0.5, 0.6) is 5.75 Å². The Morgan fingerprint density at radius 2 is 1.90 bits per heavy atom. The van der Waals surface area contributed by atoms with Crippen molar-refractivity contribution in [2.75, 3.05) is 0 Å². The molecule has 0 amide bonds. The summed E-state index contributed by atoms with van der Waals surface area (Å²) < 4.78 is 5.86. The summed E-state index contributed by atoms with van der Waals surface area (Å²) in [4.78, 5) is 10.7. The van der Waals surface area contributed by atoms with Gasteiger partial charge in [-0.15, -0.1) is 0 Å². The van der Waals surface area contributed by atoms with Crippen LogP contribution in [0.2, 0.25) is 0 Å². The van der Waals surface area contributed by atoms with Crippen LogP contribution in [0.15, 0.2) is 49.0 Å². The molecule has 0 aliphatic carbocycles. The van der Waals surface area contributed by atoms with Gasteiger partial charge in [0.05, 0.1) is 11.0 Å². The van der Waals surface area contributed by atoms with Crippen LogP contribution in [0.4, 0.5) is 5.69 Å². The minimum absolute atomic E-state index is 0.0276. The van der Waals surface area contributed by atoms with Crippen LogP contribution < -0.4 is 4.74 Å². The first-order valence-corrected chi connectivity index (χ1v) is 6.70. The molecule has 4 nitrogen and oxygen atoms in total. The Kier molecular flexibility index (Phi) is 4.38. The molecule has 2 rings (SSSR count). The molecule has 0 aliphatic rings. The van der Waals surface area contributed by atoms with Gasteiger partial charge in [0.25, 0.3) is 5.69 Å². The van der Waals surface area contributed by atoms with E-state index >= 15 is 0 Å². The molecule has 0 aromatic heterocycles. The second kappa shape index (κ2) is 6.22. The van der Waals surface area contributed by atoms with Crippen LogP contribution in [0, 0.1) is 10.1 Å². The Morgan fingerprint density at radius 1 is 1.24 bits per heavy atom. The van der Waals surface area contributed by atoms with E-state index in [0.29, 0.717) is 16.9 Å². The van der Waals surface area contributed by atoms with Gasteiger partial charge in [-0.1, -0.05) is 43.0 Å². The largest absolute Gasteiger partial charge is 0.490 e. The van der Waals surface area contributed by atoms with E-state index in [4.69, 9.17) is 4.74 Å². The highest BCUT2D eigenvalue weighted by Gasteiger charge is 2.18. The van der Waals surface area contributed by atoms with Gasteiger partial charge in [-0.25, -0.2) is 0 Å². The Morgan fingerprint density at radius 3 is 2.43 bits per heavy atom. The predicted octanol–water partition coefficient (Wildman–Crippen LogP) is 4.69. The molecular formula is C17H17NO3. The van der Waals surface area contributed by atoms with Gasteiger partial charge in [-0.05, 0) is 19.4 Å². The predicted molar refractivity (Wildman–Crippen MR) is 84.4 cm³/mol. The van der Waals surface area contributed by atoms with Crippen molar-refractivity contribution in [3.63, 3.8) is 0 Å². The third-order valence-electron chi connectivity index (χ3n) is 2.97. The first kappa shape index (κ1) is 14.8. The number of ether oxygens (including phenoxy) is 1. The van der Waals surface area contributed by atoms with Crippen LogP contribution in [-0.4, -0.2) is 11.0 Å². The highest BCUT2D eigenvalue weighted by Crippen LogP contribution is 2.38. The molecule has 0 saturated carbocycles. The fourth-order valence-corrected chi connectivity index (χ4v) is 2.09. The molecule has 0 radical (unpaired) electrons. The molecular weight excluding hydrogens is 266 g/mol. The van der Waals surface area contributed by atoms with Gasteiger partial charge in [-0.2, -0.15) is 0 Å². The smallest absolute Gasteiger partial charge is 0.270 e. The van der Waals surface area contributed by atoms with E-state index in [1.165, 1.54) is 6.07 Å². The summed E-state index contributed by atoms with van der Waals surface area (Å²) in [5.74, 6) is 0.622. The summed E-state index contributed by atoms with van der Waals surface area (Å²) in [6.07, 6.45) is 1.55. The van der Waals surface area contributed by atoms with E-state index in [1.807, 2.05) is 44.2 Å². The van der Waals surface area contributed by atoms with Crippen molar-refractivity contribution < 1.29 is 9.66 Å². The number of hydrogen-bond donors (Lipinski definition) is 0. The lowest BCUT2D eigenvalue weighted by Gasteiger charge is -2.17. The maximum atomic E-state index is 11.1. The second-order valence-corrected chi connectivity index (χ2v) is 4.91. The summed E-state index contributed by atoms with van der Waals surface area (Å²) in [7, 11) is 0. The monoisotopic (exact) mass is 283 g/mol. The molecule has 2 aromatic carbocycles. The van der Waals surface area contributed by atoms with Gasteiger partial charge < -0.3 is 4.74 Å². The SMILES string of the molecule is C=Cc1cc([N+](=O)[O-])cc(-c2ccccc2)c1OC(C)C. The summed E-state index contributed by atoms with van der Waals surface area (Å²) in [5.41, 5.74) is 2.23. The average Bonchev–Trinajstić information content (AvgIpc) is 2.47. The fraction of sp³-hybridized carbons (Fsp3) is 0.176. The van der Waals surface area contributed by atoms with Crippen molar-refractivity contribution in [3.8, 4) is 16.9 Å². The lowest BCUT2D eigenvalue weighted by molar-refractivity contribution is -0.384. The van der Waals surface area contributed by atoms with Crippen LogP contribution >= 0.6 is 0 Å². The Labute approximate surface area is 123 Å². The van der Waals surface area contributed by atoms with Gasteiger partial charge in [0.1, 0.15) is 5.75 Å². The zero-order valence-corrected chi connectivity index (χ0v) is 12.1. The molecule has 0 unspecified atom stereocenters. The normalized spacial score (nSPS) is 10.4. The third kappa shape index (κ3) is 3.28. The zero-order valence-electron chi connectivity index (χ0n) is 12.1. The topological polar surface area (TPSA) is 52.4 Å². The molecule has 0 fully saturated rings. The van der Waals surface area contributed by atoms with E-state index in [-0.39, 0.29) is 11.8 Å². The van der Waals surface area contributed by atoms with Crippen molar-refractivity contribution in [3.05, 3.63) is 64.7 Å². The second-order valence-electron chi connectivity index (χ2n) is 4.91. The molecule has 21 heavy (non-hydrogen) atoms. The van der Waals surface area contributed by atoms with E-state index in [1.54, 1.807) is 12.1 Å². The Balaban J connectivity index is 2.71. The summed E-state index contributed by atoms with van der Waals surface area (Å²) >= 11 is 0. The fourth-order valence-electron chi connectivity index (χ4n) is 2.09. The van der Waals surface area contributed by atoms with Crippen molar-refractivity contribution in [2.45, 2.75) is 20.0 Å². The van der Waals surface area contributed by atoms with E-state index in [0.717, 1.165) is 5.56 Å². The summed E-state index contributed by atoms with van der Waals surface area (Å²) in [6.45, 7) is 7.57. The van der Waals surface area contributed by atoms with E-state index < -0.39 is 4.92 Å². The molecule has 0 N–H and O–H groups in total. The van der Waals surface area contributed by atoms with Gasteiger partial charge >= 0.3 is 0 Å². The number of benzene rings is 2. The van der Waals surface area contributed by atoms with Gasteiger partial charge in [-0.3, -0.25) is 10.1 Å². The number of nitrogens with zero attached hydrogens (tertiary/aromatic N) is 1. The van der Waals surface area contributed by atoms with Gasteiger partial charge in [0, 0.05) is 23.3 Å². The van der Waals surface area contributed by atoms with Gasteiger partial charge in [0.15, 0.2) is 0 Å². The highest BCUT2D eigenvalue weighted by atomic mass is 16.6. The standard InChI is InChI=1S/C17H17NO3/c1-4-13-10-15(18(19)20)11-16(17(13)21-12(2)3)14-8-6-5-7-9-14/h4-12H,1H2,2-3H3. The minimum Gasteiger partial charge on any atom is -0.490 e. The molecule has 108 valence electrons. The number of rotatable bonds is 5. The van der Waals surface area contributed by atoms with Crippen molar-refractivity contribution >= 4 is 11.8 Å². The molecule has 4 heteroatoms. The van der Waals surface area contributed by atoms with Gasteiger partial charge in [0.2, 0.25) is 0 Å². The van der Waals surface area contributed by atoms with Crippen LogP contribution in [-0.2, 0) is 0 Å². The summed E-state index contributed by atoms with van der Waals surface area (Å²) in [5, 5.41) is 11.1. The number of non-ortho nitro benzene ring substituents is 1. The molecule has 0 spiro atoms. The maximum absolute atomic E-state index is 11.1. The lowest BCUT2D eigenvalue weighted by atomic mass is 10.00. The molecule has 0 atom stereocenters. The number of nitro groups is 1. The molecule has 0 heterocycles. The molecule has 0 saturated heterocycles. The van der Waals surface area contributed by atoms with E-state index in [2.05, 4.69) is 6.58 Å². The Bertz CT molecular complexity index is 663. The number of hydrogen-bond acceptors (Lipinski definition) is 3. The highest BCUT2D eigenvalue weighted by molar-refractivity contribution is 5.79. The molecule has 2 aromatic rings. The van der Waals surface area contributed by atoms with Crippen LogP contribution in [0.1, 0.15) is 19.4 Å². The van der Waals surface area contributed by atoms with Crippen molar-refractivity contribution in [1.29, 1.82) is 0 Å². The van der Waals surface area contributed by atoms with Crippen LogP contribution in [0.25, 0.3) is 17.2 Å². The first-order valence-electron chi connectivity index (χ1n) is 6.70. The third-order valence-corrected chi connectivity index (χ3v) is 2.97. The lowest BCUT2D eigenvalue weighted by Crippen LogP contribution is -2.08. The van der Waals surface area contributed by atoms with Crippen LogP contribution in [0.3, 0.4) is 0 Å². The quantitative estimate of drug-likeness (QED) is 0.590. The Hall–Kier alpha value is -2.62. The van der Waals surface area contributed by atoms with E-state index in [9.17, 15) is 10.1 Å². The number of nitro benzene ring substituents is 1. The van der Waals surface area contributed by atoms with Crippen molar-refractivity contribution in [1.82, 2.24) is 0 Å². The van der Waals surface area contributed by atoms with Crippen molar-refractivity contribution in [2.24, 2.45) is 0 Å². The summed E-state index contributed by atoms with van der Waals surface area (Å²) in [6, 6.07) is 12.5. The first-order chi connectivity index (χ1) is 10.0. The average molecular weight is 283 g/mol. The zero-order chi connectivity index (χ0) is 15.4. The minimum atomic E-state index is -0.404. The molecule has 0 bridgehead atoms.